The fourth-order valence-electron chi connectivity index (χ4n) is 1.74. The molecule has 2 rings (SSSR count). The average molecular weight is 192 g/mol. The third-order valence-corrected chi connectivity index (χ3v) is 2.54. The summed E-state index contributed by atoms with van der Waals surface area (Å²) in [7, 11) is 5.56. The highest BCUT2D eigenvalue weighted by atomic mass is 16.5. The van der Waals surface area contributed by atoms with Gasteiger partial charge < -0.3 is 14.4 Å². The SMILES string of the molecule is [B]N1CCC=C(N2CCOCC2)C1=O. The van der Waals surface area contributed by atoms with Crippen molar-refractivity contribution in [1.82, 2.24) is 9.71 Å². The van der Waals surface area contributed by atoms with Crippen LogP contribution in [-0.4, -0.2) is 56.4 Å². The number of nitrogens with zero attached hydrogens (tertiary/aromatic N) is 2. The van der Waals surface area contributed by atoms with Crippen molar-refractivity contribution in [3.8, 4) is 0 Å². The first-order chi connectivity index (χ1) is 6.79. The van der Waals surface area contributed by atoms with Crippen molar-refractivity contribution in [3.63, 3.8) is 0 Å². The smallest absolute Gasteiger partial charge is 0.256 e. The second kappa shape index (κ2) is 4.04. The topological polar surface area (TPSA) is 32.8 Å². The van der Waals surface area contributed by atoms with Gasteiger partial charge in [-0.05, 0) is 6.42 Å². The molecule has 0 aromatic carbocycles. The zero-order valence-electron chi connectivity index (χ0n) is 8.11. The monoisotopic (exact) mass is 192 g/mol. The molecule has 0 aromatic heterocycles. The molecule has 0 N–H and O–H groups in total. The van der Waals surface area contributed by atoms with Gasteiger partial charge in [0.15, 0.2) is 0 Å². The molecular formula is C9H13BN2O2. The summed E-state index contributed by atoms with van der Waals surface area (Å²) in [4.78, 5) is 15.0. The molecule has 0 saturated carbocycles. The Morgan fingerprint density at radius 1 is 1.29 bits per heavy atom. The van der Waals surface area contributed by atoms with Gasteiger partial charge in [0.25, 0.3) is 5.91 Å². The molecule has 0 unspecified atom stereocenters. The highest BCUT2D eigenvalue weighted by molar-refractivity contribution is 6.18. The Kier molecular flexibility index (Phi) is 2.77. The molecule has 2 heterocycles. The van der Waals surface area contributed by atoms with Crippen LogP contribution in [0.25, 0.3) is 0 Å². The molecule has 74 valence electrons. The maximum atomic E-state index is 11.7. The number of carbonyl (C=O) groups excluding carboxylic acids is 1. The number of hydrogen-bond acceptors (Lipinski definition) is 3. The first-order valence-electron chi connectivity index (χ1n) is 4.88. The van der Waals surface area contributed by atoms with E-state index < -0.39 is 0 Å². The van der Waals surface area contributed by atoms with E-state index in [2.05, 4.69) is 0 Å². The van der Waals surface area contributed by atoms with E-state index >= 15 is 0 Å². The van der Waals surface area contributed by atoms with Gasteiger partial charge >= 0.3 is 0 Å². The first-order valence-corrected chi connectivity index (χ1v) is 4.88. The minimum absolute atomic E-state index is 0.0712. The second-order valence-corrected chi connectivity index (χ2v) is 3.48. The lowest BCUT2D eigenvalue weighted by atomic mass is 10.1. The third kappa shape index (κ3) is 1.77. The molecule has 5 heteroatoms. The molecule has 1 fully saturated rings. The standard InChI is InChI=1S/C9H13BN2O2/c10-12-3-1-2-8(9(12)13)11-4-6-14-7-5-11/h2H,1,3-7H2. The molecule has 0 atom stereocenters. The van der Waals surface area contributed by atoms with Crippen molar-refractivity contribution < 1.29 is 9.53 Å². The Hall–Kier alpha value is -0.965. The summed E-state index contributed by atoms with van der Waals surface area (Å²) in [6.45, 7) is 3.56. The number of rotatable bonds is 1. The van der Waals surface area contributed by atoms with Crippen LogP contribution in [0.1, 0.15) is 6.42 Å². The fraction of sp³-hybridized carbons (Fsp3) is 0.667. The van der Waals surface area contributed by atoms with Crippen LogP contribution >= 0.6 is 0 Å². The van der Waals surface area contributed by atoms with Gasteiger partial charge in [-0.1, -0.05) is 6.08 Å². The predicted molar refractivity (Wildman–Crippen MR) is 52.6 cm³/mol. The fourth-order valence-corrected chi connectivity index (χ4v) is 1.74. The Bertz CT molecular complexity index is 262. The van der Waals surface area contributed by atoms with Crippen molar-refractivity contribution in [2.75, 3.05) is 32.8 Å². The first kappa shape index (κ1) is 9.58. The van der Waals surface area contributed by atoms with Crippen LogP contribution < -0.4 is 0 Å². The number of hydrogen-bond donors (Lipinski definition) is 0. The van der Waals surface area contributed by atoms with Crippen molar-refractivity contribution in [1.29, 1.82) is 0 Å². The van der Waals surface area contributed by atoms with Gasteiger partial charge in [-0.25, -0.2) is 0 Å². The molecule has 1 amide bonds. The largest absolute Gasteiger partial charge is 0.391 e. The van der Waals surface area contributed by atoms with Crippen molar-refractivity contribution in [2.24, 2.45) is 0 Å². The van der Waals surface area contributed by atoms with Crippen LogP contribution in [0.2, 0.25) is 0 Å². The van der Waals surface area contributed by atoms with Gasteiger partial charge in [-0.2, -0.15) is 0 Å². The summed E-state index contributed by atoms with van der Waals surface area (Å²) in [5.41, 5.74) is 0.738. The van der Waals surface area contributed by atoms with Gasteiger partial charge in [0.05, 0.1) is 18.9 Å². The van der Waals surface area contributed by atoms with E-state index in [1.54, 1.807) is 0 Å². The lowest BCUT2D eigenvalue weighted by Crippen LogP contribution is -2.44. The summed E-state index contributed by atoms with van der Waals surface area (Å²) in [6, 6.07) is 0. The minimum atomic E-state index is -0.0712. The molecule has 0 aliphatic carbocycles. The lowest BCUT2D eigenvalue weighted by Gasteiger charge is -2.34. The van der Waals surface area contributed by atoms with E-state index in [1.165, 1.54) is 4.81 Å². The van der Waals surface area contributed by atoms with Crippen LogP contribution in [-0.2, 0) is 9.53 Å². The summed E-state index contributed by atoms with van der Waals surface area (Å²) in [6.07, 6.45) is 2.81. The van der Waals surface area contributed by atoms with E-state index in [9.17, 15) is 4.79 Å². The van der Waals surface area contributed by atoms with Gasteiger partial charge in [0, 0.05) is 19.6 Å². The van der Waals surface area contributed by atoms with Crippen LogP contribution in [0.3, 0.4) is 0 Å². The Balaban J connectivity index is 2.08. The van der Waals surface area contributed by atoms with Crippen LogP contribution in [0.5, 0.6) is 0 Å². The Labute approximate surface area is 84.9 Å². The second-order valence-electron chi connectivity index (χ2n) is 3.48. The van der Waals surface area contributed by atoms with Crippen molar-refractivity contribution in [2.45, 2.75) is 6.42 Å². The Morgan fingerprint density at radius 3 is 2.71 bits per heavy atom. The van der Waals surface area contributed by atoms with E-state index in [-0.39, 0.29) is 5.91 Å². The highest BCUT2D eigenvalue weighted by Gasteiger charge is 2.24. The molecule has 14 heavy (non-hydrogen) atoms. The molecule has 2 aliphatic heterocycles. The molecule has 2 aliphatic rings. The quantitative estimate of drug-likeness (QED) is 0.526. The molecule has 0 bridgehead atoms. The summed E-state index contributed by atoms with van der Waals surface area (Å²) in [5, 5.41) is 0. The Morgan fingerprint density at radius 2 is 2.00 bits per heavy atom. The van der Waals surface area contributed by atoms with E-state index in [0.29, 0.717) is 19.8 Å². The van der Waals surface area contributed by atoms with Crippen LogP contribution in [0, 0.1) is 0 Å². The van der Waals surface area contributed by atoms with E-state index in [4.69, 9.17) is 12.7 Å². The maximum Gasteiger partial charge on any atom is 0.256 e. The summed E-state index contributed by atoms with van der Waals surface area (Å²) >= 11 is 0. The highest BCUT2D eigenvalue weighted by Crippen LogP contribution is 2.15. The molecule has 1 saturated heterocycles. The van der Waals surface area contributed by atoms with Crippen LogP contribution in [0.4, 0.5) is 0 Å². The van der Waals surface area contributed by atoms with Crippen molar-refractivity contribution >= 4 is 13.9 Å². The number of amides is 1. The van der Waals surface area contributed by atoms with E-state index in [0.717, 1.165) is 25.2 Å². The van der Waals surface area contributed by atoms with Gasteiger partial charge in [0.1, 0.15) is 0 Å². The minimum Gasteiger partial charge on any atom is -0.391 e. The third-order valence-electron chi connectivity index (χ3n) is 2.54. The molecule has 2 radical (unpaired) electrons. The van der Waals surface area contributed by atoms with Crippen molar-refractivity contribution in [3.05, 3.63) is 11.8 Å². The van der Waals surface area contributed by atoms with Gasteiger partial charge in [-0.3, -0.25) is 4.79 Å². The van der Waals surface area contributed by atoms with E-state index in [1.807, 2.05) is 11.0 Å². The summed E-state index contributed by atoms with van der Waals surface area (Å²) < 4.78 is 5.23. The number of morpholine rings is 1. The summed E-state index contributed by atoms with van der Waals surface area (Å²) in [5.74, 6) is -0.0712. The molecule has 0 aromatic rings. The number of carbonyl (C=O) groups is 1. The lowest BCUT2D eigenvalue weighted by molar-refractivity contribution is -0.125. The van der Waals surface area contributed by atoms with Gasteiger partial charge in [-0.15, -0.1) is 0 Å². The molecule has 4 nitrogen and oxygen atoms in total. The predicted octanol–water partition coefficient (Wildman–Crippen LogP) is -0.482. The number of ether oxygens (including phenoxy) is 1. The van der Waals surface area contributed by atoms with Crippen LogP contribution in [0.15, 0.2) is 11.8 Å². The zero-order valence-corrected chi connectivity index (χ0v) is 8.11. The maximum absolute atomic E-state index is 11.7. The average Bonchev–Trinajstić information content (AvgIpc) is 2.23. The molecule has 0 spiro atoms. The zero-order chi connectivity index (χ0) is 9.97. The molecular weight excluding hydrogens is 179 g/mol. The normalized spacial score (nSPS) is 23.7. The van der Waals surface area contributed by atoms with Gasteiger partial charge in [0.2, 0.25) is 7.98 Å².